The average molecular weight is 316 g/mol. The maximum absolute atomic E-state index is 6.02. The van der Waals surface area contributed by atoms with E-state index in [1.165, 1.54) is 30.4 Å². The zero-order valence-corrected chi connectivity index (χ0v) is 14.5. The lowest BCUT2D eigenvalue weighted by Crippen LogP contribution is -2.11. The molecule has 126 valence electrons. The summed E-state index contributed by atoms with van der Waals surface area (Å²) in [7, 11) is 0. The van der Waals surface area contributed by atoms with Crippen molar-refractivity contribution in [2.45, 2.75) is 66.2 Å². The molecule has 1 aromatic carbocycles. The fraction of sp³-hybridized carbons (Fsp3) is 0.556. The smallest absolute Gasteiger partial charge is 0.132 e. The fourth-order valence-electron chi connectivity index (χ4n) is 2.58. The lowest BCUT2D eigenvalue weighted by atomic mass is 10.1. The number of hydrogen-bond donors (Lipinski definition) is 1. The Bertz CT molecular complexity index is 621. The van der Waals surface area contributed by atoms with Crippen molar-refractivity contribution in [2.75, 3.05) is 0 Å². The molecule has 0 bridgehead atoms. The largest absolute Gasteiger partial charge is 0.487 e. The van der Waals surface area contributed by atoms with Gasteiger partial charge < -0.3 is 10.5 Å². The van der Waals surface area contributed by atoms with E-state index in [1.54, 1.807) is 0 Å². The van der Waals surface area contributed by atoms with Gasteiger partial charge in [-0.2, -0.15) is 0 Å². The number of benzene rings is 1. The highest BCUT2D eigenvalue weighted by Gasteiger charge is 2.13. The van der Waals surface area contributed by atoms with Gasteiger partial charge >= 0.3 is 0 Å². The first-order valence-electron chi connectivity index (χ1n) is 8.47. The number of aryl methyl sites for hydroxylation is 2. The van der Waals surface area contributed by atoms with E-state index in [9.17, 15) is 0 Å². The average Bonchev–Trinajstić information content (AvgIpc) is 2.95. The van der Waals surface area contributed by atoms with Crippen molar-refractivity contribution in [2.24, 2.45) is 5.73 Å². The van der Waals surface area contributed by atoms with Gasteiger partial charge in [0.05, 0.1) is 0 Å². The third-order valence-electron chi connectivity index (χ3n) is 4.25. The van der Waals surface area contributed by atoms with Crippen LogP contribution >= 0.6 is 0 Å². The molecule has 1 heterocycles. The van der Waals surface area contributed by atoms with Crippen molar-refractivity contribution >= 4 is 0 Å². The van der Waals surface area contributed by atoms with Crippen LogP contribution in [0.3, 0.4) is 0 Å². The molecule has 0 unspecified atom stereocenters. The van der Waals surface area contributed by atoms with Gasteiger partial charge in [-0.05, 0) is 37.5 Å². The number of aromatic nitrogens is 3. The second-order valence-electron chi connectivity index (χ2n) is 5.96. The third kappa shape index (κ3) is 4.55. The summed E-state index contributed by atoms with van der Waals surface area (Å²) in [4.78, 5) is 0. The maximum atomic E-state index is 6.02. The monoisotopic (exact) mass is 316 g/mol. The normalized spacial score (nSPS) is 11.0. The standard InChI is InChI=1S/C18H28N4O/c1-4-5-6-7-11-22-17(16(12-19)20-21-22)13-23-18-10-8-9-14(2)15(18)3/h8-10H,4-7,11-13,19H2,1-3H3. The zero-order valence-electron chi connectivity index (χ0n) is 14.5. The Morgan fingerprint density at radius 3 is 2.74 bits per heavy atom. The third-order valence-corrected chi connectivity index (χ3v) is 4.25. The van der Waals surface area contributed by atoms with Crippen LogP contribution in [-0.2, 0) is 19.7 Å². The molecule has 0 saturated heterocycles. The van der Waals surface area contributed by atoms with Gasteiger partial charge in [-0.3, -0.25) is 0 Å². The molecule has 0 atom stereocenters. The predicted molar refractivity (Wildman–Crippen MR) is 92.3 cm³/mol. The first kappa shape index (κ1) is 17.5. The van der Waals surface area contributed by atoms with Crippen LogP contribution in [0, 0.1) is 13.8 Å². The number of rotatable bonds is 9. The van der Waals surface area contributed by atoms with Crippen molar-refractivity contribution in [3.8, 4) is 5.75 Å². The molecule has 0 fully saturated rings. The molecule has 2 N–H and O–H groups in total. The molecule has 1 aromatic heterocycles. The predicted octanol–water partition coefficient (Wildman–Crippen LogP) is 3.51. The van der Waals surface area contributed by atoms with Crippen LogP contribution in [0.2, 0.25) is 0 Å². The van der Waals surface area contributed by atoms with Crippen LogP contribution in [0.5, 0.6) is 5.75 Å². The minimum Gasteiger partial charge on any atom is -0.487 e. The number of unbranched alkanes of at least 4 members (excludes halogenated alkanes) is 3. The highest BCUT2D eigenvalue weighted by Crippen LogP contribution is 2.22. The second-order valence-corrected chi connectivity index (χ2v) is 5.96. The van der Waals surface area contributed by atoms with E-state index >= 15 is 0 Å². The SMILES string of the molecule is CCCCCCn1nnc(CN)c1COc1cccc(C)c1C. The molecule has 0 spiro atoms. The van der Waals surface area contributed by atoms with Crippen molar-refractivity contribution in [1.29, 1.82) is 0 Å². The van der Waals surface area contributed by atoms with E-state index in [0.29, 0.717) is 13.2 Å². The molecular weight excluding hydrogens is 288 g/mol. The van der Waals surface area contributed by atoms with Crippen molar-refractivity contribution in [1.82, 2.24) is 15.0 Å². The zero-order chi connectivity index (χ0) is 16.7. The Morgan fingerprint density at radius 2 is 2.00 bits per heavy atom. The molecule has 0 aliphatic heterocycles. The number of nitrogens with zero attached hydrogens (tertiary/aromatic N) is 3. The van der Waals surface area contributed by atoms with E-state index in [0.717, 1.165) is 30.1 Å². The second kappa shape index (κ2) is 8.67. The summed E-state index contributed by atoms with van der Waals surface area (Å²) >= 11 is 0. The van der Waals surface area contributed by atoms with Crippen LogP contribution in [0.25, 0.3) is 0 Å². The number of ether oxygens (including phenoxy) is 1. The van der Waals surface area contributed by atoms with Crippen LogP contribution in [0.15, 0.2) is 18.2 Å². The maximum Gasteiger partial charge on any atom is 0.132 e. The first-order valence-corrected chi connectivity index (χ1v) is 8.47. The van der Waals surface area contributed by atoms with E-state index in [2.05, 4.69) is 37.1 Å². The lowest BCUT2D eigenvalue weighted by Gasteiger charge is -2.12. The summed E-state index contributed by atoms with van der Waals surface area (Å²) in [6, 6.07) is 6.11. The fourth-order valence-corrected chi connectivity index (χ4v) is 2.58. The Labute approximate surface area is 138 Å². The molecule has 5 nitrogen and oxygen atoms in total. The molecule has 2 aromatic rings. The Morgan fingerprint density at radius 1 is 1.17 bits per heavy atom. The van der Waals surface area contributed by atoms with Crippen LogP contribution in [-0.4, -0.2) is 15.0 Å². The molecule has 0 aliphatic rings. The highest BCUT2D eigenvalue weighted by molar-refractivity contribution is 5.38. The topological polar surface area (TPSA) is 66.0 Å². The summed E-state index contributed by atoms with van der Waals surface area (Å²) < 4.78 is 7.96. The number of hydrogen-bond acceptors (Lipinski definition) is 4. The number of nitrogens with two attached hydrogens (primary N) is 1. The molecule has 0 amide bonds. The Kier molecular flexibility index (Phi) is 6.59. The van der Waals surface area contributed by atoms with Crippen LogP contribution in [0.4, 0.5) is 0 Å². The highest BCUT2D eigenvalue weighted by atomic mass is 16.5. The van der Waals surface area contributed by atoms with Crippen molar-refractivity contribution < 1.29 is 4.74 Å². The van der Waals surface area contributed by atoms with Crippen molar-refractivity contribution in [3.05, 3.63) is 40.7 Å². The van der Waals surface area contributed by atoms with Crippen LogP contribution in [0.1, 0.15) is 55.1 Å². The van der Waals surface area contributed by atoms with Gasteiger partial charge in [0, 0.05) is 13.1 Å². The van der Waals surface area contributed by atoms with Gasteiger partial charge in [0.2, 0.25) is 0 Å². The van der Waals surface area contributed by atoms with Crippen LogP contribution < -0.4 is 10.5 Å². The van der Waals surface area contributed by atoms with Gasteiger partial charge in [0.15, 0.2) is 0 Å². The molecular formula is C18H28N4O. The minimum atomic E-state index is 0.389. The Balaban J connectivity index is 2.05. The molecule has 0 aliphatic carbocycles. The van der Waals surface area contributed by atoms with E-state index in [-0.39, 0.29) is 0 Å². The summed E-state index contributed by atoms with van der Waals surface area (Å²) in [6.45, 7) is 8.10. The van der Waals surface area contributed by atoms with E-state index in [1.807, 2.05) is 16.8 Å². The Hall–Kier alpha value is -1.88. The molecule has 23 heavy (non-hydrogen) atoms. The van der Waals surface area contributed by atoms with E-state index < -0.39 is 0 Å². The minimum absolute atomic E-state index is 0.389. The first-order chi connectivity index (χ1) is 11.2. The molecule has 5 heteroatoms. The van der Waals surface area contributed by atoms with Gasteiger partial charge in [-0.15, -0.1) is 5.10 Å². The molecule has 0 radical (unpaired) electrons. The summed E-state index contributed by atoms with van der Waals surface area (Å²) in [5.74, 6) is 0.909. The van der Waals surface area contributed by atoms with Gasteiger partial charge in [0.25, 0.3) is 0 Å². The molecule has 0 saturated carbocycles. The quantitative estimate of drug-likeness (QED) is 0.719. The summed E-state index contributed by atoms with van der Waals surface area (Å²) in [5.41, 5.74) is 10.0. The van der Waals surface area contributed by atoms with Crippen molar-refractivity contribution in [3.63, 3.8) is 0 Å². The summed E-state index contributed by atoms with van der Waals surface area (Å²) in [6.07, 6.45) is 4.81. The van der Waals surface area contributed by atoms with Gasteiger partial charge in [0.1, 0.15) is 23.7 Å². The molecule has 2 rings (SSSR count). The van der Waals surface area contributed by atoms with Gasteiger partial charge in [-0.25, -0.2) is 4.68 Å². The lowest BCUT2D eigenvalue weighted by molar-refractivity contribution is 0.287. The van der Waals surface area contributed by atoms with E-state index in [4.69, 9.17) is 10.5 Å². The summed E-state index contributed by atoms with van der Waals surface area (Å²) in [5, 5.41) is 8.44. The van der Waals surface area contributed by atoms with Gasteiger partial charge in [-0.1, -0.05) is 43.5 Å².